The van der Waals surface area contributed by atoms with E-state index in [1.54, 1.807) is 6.07 Å². The number of benzene rings is 1. The number of nitrogens with two attached hydrogens (primary N) is 1. The van der Waals surface area contributed by atoms with Crippen molar-refractivity contribution in [2.45, 2.75) is 45.7 Å². The van der Waals surface area contributed by atoms with Gasteiger partial charge in [-0.3, -0.25) is 9.59 Å². The predicted octanol–water partition coefficient (Wildman–Crippen LogP) is 2.01. The van der Waals surface area contributed by atoms with Crippen molar-refractivity contribution >= 4 is 39.4 Å². The lowest BCUT2D eigenvalue weighted by Gasteiger charge is -2.20. The molecule has 1 aromatic heterocycles. The first-order valence-electron chi connectivity index (χ1n) is 10.5. The molecule has 0 spiro atoms. The Balaban J connectivity index is 1.90. The third-order valence-electron chi connectivity index (χ3n) is 5.05. The number of primary amides is 1. The molecule has 0 bridgehead atoms. The number of hydrogen-bond acceptors (Lipinski definition) is 9. The lowest BCUT2D eigenvalue weighted by molar-refractivity contribution is 0.0948. The Morgan fingerprint density at radius 2 is 1.88 bits per heavy atom. The van der Waals surface area contributed by atoms with Crippen molar-refractivity contribution in [3.8, 4) is 5.75 Å². The molecule has 2 amide bonds. The van der Waals surface area contributed by atoms with Crippen molar-refractivity contribution in [2.75, 3.05) is 16.9 Å². The van der Waals surface area contributed by atoms with Gasteiger partial charge in [-0.1, -0.05) is 13.8 Å². The van der Waals surface area contributed by atoms with Gasteiger partial charge in [-0.15, -0.1) is 0 Å². The van der Waals surface area contributed by atoms with E-state index in [0.29, 0.717) is 5.69 Å². The fraction of sp³-hybridized carbons (Fsp3) is 0.429. The Morgan fingerprint density at radius 3 is 2.45 bits per heavy atom. The number of nitrogens with one attached hydrogen (secondary N) is 3. The maximum absolute atomic E-state index is 12.5. The number of nitrogens with zero attached hydrogens (tertiary/aromatic N) is 2. The maximum atomic E-state index is 12.5. The lowest BCUT2D eigenvalue weighted by atomic mass is 10.1. The van der Waals surface area contributed by atoms with E-state index in [9.17, 15) is 18.0 Å². The van der Waals surface area contributed by atoms with Crippen LogP contribution in [0.2, 0.25) is 0 Å². The molecule has 12 heteroatoms. The molecule has 1 aromatic carbocycles. The van der Waals surface area contributed by atoms with E-state index in [0.717, 1.165) is 19.1 Å². The molecule has 1 unspecified atom stereocenters. The largest absolute Gasteiger partial charge is 0.382 e. The minimum Gasteiger partial charge on any atom is -0.382 e. The van der Waals surface area contributed by atoms with Crippen LogP contribution in [0.3, 0.4) is 0 Å². The molecule has 1 atom stereocenters. The molecule has 0 radical (unpaired) electrons. The van der Waals surface area contributed by atoms with Gasteiger partial charge in [0.15, 0.2) is 5.75 Å². The summed E-state index contributed by atoms with van der Waals surface area (Å²) < 4.78 is 28.5. The molecule has 0 aliphatic heterocycles. The topological polar surface area (TPSA) is 165 Å². The zero-order chi connectivity index (χ0) is 24.3. The van der Waals surface area contributed by atoms with E-state index in [4.69, 9.17) is 9.92 Å². The Labute approximate surface area is 192 Å². The maximum Gasteiger partial charge on any atom is 0.306 e. The first kappa shape index (κ1) is 24.2. The number of carbonyl (C=O) groups is 2. The van der Waals surface area contributed by atoms with Crippen molar-refractivity contribution in [3.05, 3.63) is 35.5 Å². The molecule has 178 valence electrons. The highest BCUT2D eigenvalue weighted by molar-refractivity contribution is 7.86. The van der Waals surface area contributed by atoms with Crippen molar-refractivity contribution < 1.29 is 22.2 Å². The summed E-state index contributed by atoms with van der Waals surface area (Å²) in [7, 11) is -3.88. The Bertz CT molecular complexity index is 1160. The zero-order valence-corrected chi connectivity index (χ0v) is 19.7. The Morgan fingerprint density at radius 1 is 1.18 bits per heavy atom. The molecule has 3 rings (SSSR count). The van der Waals surface area contributed by atoms with Crippen LogP contribution in [-0.2, 0) is 10.1 Å². The molecule has 1 fully saturated rings. The smallest absolute Gasteiger partial charge is 0.306 e. The summed E-state index contributed by atoms with van der Waals surface area (Å²) in [4.78, 5) is 32.7. The summed E-state index contributed by atoms with van der Waals surface area (Å²) in [5, 5.41) is 8.90. The average Bonchev–Trinajstić information content (AvgIpc) is 3.50. The summed E-state index contributed by atoms with van der Waals surface area (Å²) >= 11 is 0. The van der Waals surface area contributed by atoms with E-state index in [1.165, 1.54) is 18.3 Å². The van der Waals surface area contributed by atoms with Gasteiger partial charge >= 0.3 is 10.1 Å². The van der Waals surface area contributed by atoms with E-state index in [-0.39, 0.29) is 46.6 Å². The van der Waals surface area contributed by atoms with E-state index < -0.39 is 21.9 Å². The normalized spacial score (nSPS) is 14.5. The Hall–Kier alpha value is -3.41. The molecule has 1 aliphatic carbocycles. The van der Waals surface area contributed by atoms with E-state index in [1.807, 2.05) is 20.8 Å². The van der Waals surface area contributed by atoms with E-state index in [2.05, 4.69) is 25.9 Å². The van der Waals surface area contributed by atoms with Gasteiger partial charge in [0.25, 0.3) is 11.8 Å². The van der Waals surface area contributed by atoms with Gasteiger partial charge in [0.1, 0.15) is 5.82 Å². The first-order valence-corrected chi connectivity index (χ1v) is 12.3. The number of aromatic nitrogens is 2. The molecule has 33 heavy (non-hydrogen) atoms. The molecule has 11 nitrogen and oxygen atoms in total. The summed E-state index contributed by atoms with van der Waals surface area (Å²) in [5.41, 5.74) is 6.06. The van der Waals surface area contributed by atoms with Gasteiger partial charge in [0.05, 0.1) is 17.4 Å². The van der Waals surface area contributed by atoms with Crippen molar-refractivity contribution in [2.24, 2.45) is 11.7 Å². The van der Waals surface area contributed by atoms with Crippen LogP contribution in [0.15, 0.2) is 24.4 Å². The monoisotopic (exact) mass is 476 g/mol. The molecule has 2 aromatic rings. The number of hydrogen-bond donors (Lipinski definition) is 4. The third-order valence-corrected chi connectivity index (χ3v) is 5.54. The first-order chi connectivity index (χ1) is 15.4. The quantitative estimate of drug-likeness (QED) is 0.375. The summed E-state index contributed by atoms with van der Waals surface area (Å²) in [5.74, 6) is -0.537. The fourth-order valence-corrected chi connectivity index (χ4v) is 3.22. The van der Waals surface area contributed by atoms with Gasteiger partial charge in [-0.05, 0) is 37.8 Å². The van der Waals surface area contributed by atoms with Crippen LogP contribution in [0.1, 0.15) is 54.3 Å². The van der Waals surface area contributed by atoms with E-state index >= 15 is 0 Å². The average molecular weight is 477 g/mol. The SMILES string of the molecule is CC(C)C(C)Nc1nc(Nc2ccc(C(=O)NC3CC3)c(OS(C)(=O)=O)c2)ncc1C(N)=O. The number of carbonyl (C=O) groups excluding carboxylic acids is 2. The second-order valence-corrected chi connectivity index (χ2v) is 9.94. The molecule has 1 heterocycles. The van der Waals surface area contributed by atoms with Gasteiger partial charge in [-0.2, -0.15) is 13.4 Å². The van der Waals surface area contributed by atoms with Gasteiger partial charge in [-0.25, -0.2) is 4.98 Å². The lowest BCUT2D eigenvalue weighted by Crippen LogP contribution is -2.26. The number of anilines is 3. The van der Waals surface area contributed by atoms with Crippen LogP contribution < -0.4 is 25.9 Å². The van der Waals surface area contributed by atoms with Gasteiger partial charge in [0.2, 0.25) is 5.95 Å². The second-order valence-electron chi connectivity index (χ2n) is 8.37. The minimum absolute atomic E-state index is 0.00452. The third kappa shape index (κ3) is 6.78. The highest BCUT2D eigenvalue weighted by atomic mass is 32.2. The Kier molecular flexibility index (Phi) is 7.06. The summed E-state index contributed by atoms with van der Waals surface area (Å²) in [6.45, 7) is 5.99. The van der Waals surface area contributed by atoms with Crippen LogP contribution in [0.4, 0.5) is 17.5 Å². The zero-order valence-electron chi connectivity index (χ0n) is 18.9. The van der Waals surface area contributed by atoms with Gasteiger partial charge in [0, 0.05) is 30.0 Å². The number of amides is 2. The van der Waals surface area contributed by atoms with Crippen LogP contribution in [0, 0.1) is 5.92 Å². The van der Waals surface area contributed by atoms with Crippen LogP contribution in [0.25, 0.3) is 0 Å². The minimum atomic E-state index is -3.88. The molecular formula is C21H28N6O5S. The summed E-state index contributed by atoms with van der Waals surface area (Å²) in [6.07, 6.45) is 3.98. The van der Waals surface area contributed by atoms with Crippen LogP contribution >= 0.6 is 0 Å². The molecule has 0 saturated heterocycles. The van der Waals surface area contributed by atoms with Crippen molar-refractivity contribution in [3.63, 3.8) is 0 Å². The molecule has 1 saturated carbocycles. The highest BCUT2D eigenvalue weighted by Gasteiger charge is 2.26. The fourth-order valence-electron chi connectivity index (χ4n) is 2.75. The second kappa shape index (κ2) is 9.61. The molecule has 5 N–H and O–H groups in total. The summed E-state index contributed by atoms with van der Waals surface area (Å²) in [6, 6.07) is 4.50. The van der Waals surface area contributed by atoms with Crippen LogP contribution in [-0.4, -0.2) is 48.5 Å². The highest BCUT2D eigenvalue weighted by Crippen LogP contribution is 2.28. The van der Waals surface area contributed by atoms with Gasteiger partial charge < -0.3 is 25.9 Å². The van der Waals surface area contributed by atoms with Crippen LogP contribution in [0.5, 0.6) is 5.75 Å². The molecular weight excluding hydrogens is 448 g/mol. The number of rotatable bonds is 10. The molecule has 1 aliphatic rings. The van der Waals surface area contributed by atoms with Crippen molar-refractivity contribution in [1.82, 2.24) is 15.3 Å². The predicted molar refractivity (Wildman–Crippen MR) is 124 cm³/mol. The van der Waals surface area contributed by atoms with Crippen molar-refractivity contribution in [1.29, 1.82) is 0 Å². The standard InChI is InChI=1S/C21H28N6O5S/c1-11(2)12(3)24-19-16(18(22)28)10-23-21(27-19)26-14-7-8-15(20(29)25-13-5-6-13)17(9-14)32-33(4,30)31/h7-13H,5-6H2,1-4H3,(H2,22,28)(H,25,29)(H2,23,24,26,27).